The van der Waals surface area contributed by atoms with Crippen LogP contribution in [-0.2, 0) is 4.79 Å². The molecule has 0 aliphatic rings. The number of benzene rings is 1. The molecule has 0 spiro atoms. The molecule has 0 fully saturated rings. The molecule has 0 saturated carbocycles. The van der Waals surface area contributed by atoms with Crippen LogP contribution in [0.25, 0.3) is 0 Å². The highest BCUT2D eigenvalue weighted by Crippen LogP contribution is 2.20. The Bertz CT molecular complexity index is 395. The number of carbonyl (C=O) groups excluding carboxylic acids is 1. The number of nitrogens with one attached hydrogen (secondary N) is 1. The first kappa shape index (κ1) is 17.1. The van der Waals surface area contributed by atoms with Crippen molar-refractivity contribution in [3.05, 3.63) is 35.9 Å². The largest absolute Gasteiger partial charge is 0.388 e. The average Bonchev–Trinajstić information content (AvgIpc) is 2.45. The highest BCUT2D eigenvalue weighted by Gasteiger charge is 2.21. The van der Waals surface area contributed by atoms with Crippen LogP contribution in [0.4, 0.5) is 0 Å². The first-order valence-electron chi connectivity index (χ1n) is 7.18. The Labute approximate surface area is 126 Å². The Balaban J connectivity index is 2.38. The molecule has 1 rings (SSSR count). The maximum atomic E-state index is 12.1. The van der Waals surface area contributed by atoms with Crippen molar-refractivity contribution in [3.8, 4) is 0 Å². The molecule has 0 bridgehead atoms. The second-order valence-electron chi connectivity index (χ2n) is 5.13. The van der Waals surface area contributed by atoms with Crippen LogP contribution in [-0.4, -0.2) is 28.6 Å². The molecule has 0 radical (unpaired) electrons. The summed E-state index contributed by atoms with van der Waals surface area (Å²) in [6.07, 6.45) is 0.0185. The van der Waals surface area contributed by atoms with Gasteiger partial charge in [0.15, 0.2) is 0 Å². The Hall–Kier alpha value is -1.00. The molecule has 1 aromatic carbocycles. The van der Waals surface area contributed by atoms with Crippen molar-refractivity contribution in [3.63, 3.8) is 0 Å². The zero-order chi connectivity index (χ0) is 15.0. The zero-order valence-corrected chi connectivity index (χ0v) is 13.3. The van der Waals surface area contributed by atoms with Crippen LogP contribution in [0.5, 0.6) is 0 Å². The topological polar surface area (TPSA) is 49.3 Å². The van der Waals surface area contributed by atoms with Gasteiger partial charge in [-0.2, -0.15) is 0 Å². The fraction of sp³-hybridized carbons (Fsp3) is 0.562. The average molecular weight is 295 g/mol. The van der Waals surface area contributed by atoms with Gasteiger partial charge in [0.2, 0.25) is 5.91 Å². The van der Waals surface area contributed by atoms with Gasteiger partial charge in [-0.05, 0) is 23.7 Å². The fourth-order valence-corrected chi connectivity index (χ4v) is 3.00. The number of thioether (sulfide) groups is 1. The highest BCUT2D eigenvalue weighted by atomic mass is 32.2. The van der Waals surface area contributed by atoms with E-state index in [4.69, 9.17) is 0 Å². The summed E-state index contributed by atoms with van der Waals surface area (Å²) in [6.45, 7) is 6.69. The number of hydrogen-bond donors (Lipinski definition) is 2. The minimum Gasteiger partial charge on any atom is -0.388 e. The molecule has 2 unspecified atom stereocenters. The van der Waals surface area contributed by atoms with E-state index in [0.717, 1.165) is 11.3 Å². The number of aliphatic hydroxyl groups excluding tert-OH is 1. The van der Waals surface area contributed by atoms with Gasteiger partial charge in [0.25, 0.3) is 0 Å². The van der Waals surface area contributed by atoms with E-state index in [9.17, 15) is 9.90 Å². The lowest BCUT2D eigenvalue weighted by Crippen LogP contribution is -2.36. The second kappa shape index (κ2) is 9.03. The smallest absolute Gasteiger partial charge is 0.233 e. The summed E-state index contributed by atoms with van der Waals surface area (Å²) in [5, 5.41) is 13.0. The third-order valence-electron chi connectivity index (χ3n) is 3.11. The quantitative estimate of drug-likeness (QED) is 0.775. The predicted molar refractivity (Wildman–Crippen MR) is 85.8 cm³/mol. The van der Waals surface area contributed by atoms with Gasteiger partial charge in [-0.3, -0.25) is 4.79 Å². The van der Waals surface area contributed by atoms with Gasteiger partial charge in [-0.15, -0.1) is 11.8 Å². The van der Waals surface area contributed by atoms with Gasteiger partial charge in [-0.1, -0.05) is 51.1 Å². The Morgan fingerprint density at radius 1 is 1.30 bits per heavy atom. The summed E-state index contributed by atoms with van der Waals surface area (Å²) in [5.41, 5.74) is 0.894. The molecule has 20 heavy (non-hydrogen) atoms. The van der Waals surface area contributed by atoms with Crippen molar-refractivity contribution >= 4 is 17.7 Å². The van der Waals surface area contributed by atoms with Crippen LogP contribution in [0.2, 0.25) is 0 Å². The molecule has 0 aromatic heterocycles. The molecule has 0 heterocycles. The van der Waals surface area contributed by atoms with Gasteiger partial charge in [0.05, 0.1) is 11.4 Å². The number of rotatable bonds is 8. The first-order chi connectivity index (χ1) is 9.56. The monoisotopic (exact) mass is 295 g/mol. The summed E-state index contributed by atoms with van der Waals surface area (Å²) in [7, 11) is 0. The van der Waals surface area contributed by atoms with Crippen LogP contribution in [0.15, 0.2) is 30.3 Å². The van der Waals surface area contributed by atoms with Gasteiger partial charge >= 0.3 is 0 Å². The lowest BCUT2D eigenvalue weighted by molar-refractivity contribution is -0.121. The van der Waals surface area contributed by atoms with Crippen LogP contribution in [0, 0.1) is 5.92 Å². The Morgan fingerprint density at radius 3 is 2.50 bits per heavy atom. The second-order valence-corrected chi connectivity index (χ2v) is 6.54. The molecule has 0 aliphatic heterocycles. The van der Waals surface area contributed by atoms with Crippen LogP contribution < -0.4 is 5.32 Å². The number of carbonyl (C=O) groups is 1. The van der Waals surface area contributed by atoms with E-state index in [2.05, 4.69) is 26.1 Å². The summed E-state index contributed by atoms with van der Waals surface area (Å²) in [4.78, 5) is 12.1. The molecular weight excluding hydrogens is 270 g/mol. The molecular formula is C16H25NO2S. The maximum Gasteiger partial charge on any atom is 0.233 e. The van der Waals surface area contributed by atoms with Crippen LogP contribution in [0.1, 0.15) is 38.9 Å². The van der Waals surface area contributed by atoms with Gasteiger partial charge in [0.1, 0.15) is 0 Å². The lowest BCUT2D eigenvalue weighted by Gasteiger charge is -2.19. The minimum absolute atomic E-state index is 0.00568. The van der Waals surface area contributed by atoms with E-state index in [1.807, 2.05) is 30.3 Å². The summed E-state index contributed by atoms with van der Waals surface area (Å²) in [5.74, 6) is 1.33. The van der Waals surface area contributed by atoms with Crippen LogP contribution in [0.3, 0.4) is 0 Å². The maximum absolute atomic E-state index is 12.1. The molecule has 4 heteroatoms. The minimum atomic E-state index is -0.521. The Morgan fingerprint density at radius 2 is 1.95 bits per heavy atom. The third kappa shape index (κ3) is 5.55. The van der Waals surface area contributed by atoms with Crippen molar-refractivity contribution < 1.29 is 9.90 Å². The first-order valence-corrected chi connectivity index (χ1v) is 8.23. The Kier molecular flexibility index (Phi) is 7.70. The van der Waals surface area contributed by atoms with E-state index < -0.39 is 6.10 Å². The molecule has 0 saturated heterocycles. The standard InChI is InChI=1S/C16H25NO2S/c1-4-20-15(12(2)3)16(19)17-11-10-14(18)13-8-6-5-7-9-13/h5-9,12,14-15,18H,4,10-11H2,1-3H3,(H,17,19). The third-order valence-corrected chi connectivity index (χ3v) is 4.56. The molecule has 0 aliphatic carbocycles. The highest BCUT2D eigenvalue weighted by molar-refractivity contribution is 8.00. The van der Waals surface area contributed by atoms with E-state index in [-0.39, 0.29) is 11.2 Å². The van der Waals surface area contributed by atoms with Crippen molar-refractivity contribution in [2.75, 3.05) is 12.3 Å². The van der Waals surface area contributed by atoms with Crippen molar-refractivity contribution in [1.29, 1.82) is 0 Å². The van der Waals surface area contributed by atoms with Gasteiger partial charge in [0, 0.05) is 6.54 Å². The number of hydrogen-bond acceptors (Lipinski definition) is 3. The fourth-order valence-electron chi connectivity index (χ4n) is 2.02. The molecule has 3 nitrogen and oxygen atoms in total. The lowest BCUT2D eigenvalue weighted by atomic mass is 10.1. The van der Waals surface area contributed by atoms with Crippen LogP contribution >= 0.6 is 11.8 Å². The summed E-state index contributed by atoms with van der Waals surface area (Å²) < 4.78 is 0. The van der Waals surface area contributed by atoms with E-state index in [1.54, 1.807) is 11.8 Å². The molecule has 1 aromatic rings. The van der Waals surface area contributed by atoms with E-state index in [1.165, 1.54) is 0 Å². The molecule has 1 amide bonds. The number of amides is 1. The van der Waals surface area contributed by atoms with Gasteiger partial charge < -0.3 is 10.4 Å². The van der Waals surface area contributed by atoms with Gasteiger partial charge in [-0.25, -0.2) is 0 Å². The van der Waals surface area contributed by atoms with Crippen molar-refractivity contribution in [2.45, 2.75) is 38.5 Å². The van der Waals surface area contributed by atoms with Crippen molar-refractivity contribution in [2.24, 2.45) is 5.92 Å². The van der Waals surface area contributed by atoms with Crippen molar-refractivity contribution in [1.82, 2.24) is 5.32 Å². The summed E-state index contributed by atoms with van der Waals surface area (Å²) in [6, 6.07) is 9.54. The predicted octanol–water partition coefficient (Wildman–Crippen LogP) is 3.00. The van der Waals surface area contributed by atoms with E-state index in [0.29, 0.717) is 18.9 Å². The molecule has 112 valence electrons. The molecule has 2 atom stereocenters. The summed E-state index contributed by atoms with van der Waals surface area (Å²) >= 11 is 1.67. The zero-order valence-electron chi connectivity index (χ0n) is 12.5. The van der Waals surface area contributed by atoms with E-state index >= 15 is 0 Å². The SMILES string of the molecule is CCSC(C(=O)NCCC(O)c1ccccc1)C(C)C. The normalized spacial score (nSPS) is 14.1. The molecule has 2 N–H and O–H groups in total. The number of aliphatic hydroxyl groups is 1.